The van der Waals surface area contributed by atoms with E-state index < -0.39 is 71.6 Å². The van der Waals surface area contributed by atoms with Gasteiger partial charge in [-0.3, -0.25) is 33.6 Å². The van der Waals surface area contributed by atoms with Crippen LogP contribution in [0.5, 0.6) is 11.5 Å². The van der Waals surface area contributed by atoms with Gasteiger partial charge < -0.3 is 52.7 Å². The predicted octanol–water partition coefficient (Wildman–Crippen LogP) is 2.90. The number of amides is 7. The Morgan fingerprint density at radius 1 is 0.831 bits per heavy atom. The van der Waals surface area contributed by atoms with Crippen LogP contribution in [0.15, 0.2) is 84.9 Å². The molecule has 10 N–H and O–H groups in total. The summed E-state index contributed by atoms with van der Waals surface area (Å²) in [6.45, 7) is 4.54. The van der Waals surface area contributed by atoms with Gasteiger partial charge in [-0.25, -0.2) is 0 Å². The standard InChI is InChI=1S/C47H55ClN8O9/c1-5-56(25-40(50)59)46(64)27(3)52-44(62)37-23-28-9-19-38(57)34(22-28)35-24-32(16-20-39(35)58)41(45(63)51-26(2)42(60)54-37)55(4)47(65)36(8-6-7-21-49)53-43(61)31-12-10-29(11-13-31)30-14-17-33(48)18-15-30/h9-20,22,24,26-27,36-37,41,57-58H,5-8,21,23,25,49H2,1-4H3,(H2,50,59)(H,51,63)(H,52,62)(H,53,61)(H,54,60)/t26-,27-,36-,37-,41-/m0/s1. The number of carbonyl (C=O) groups is 7. The van der Waals surface area contributed by atoms with Gasteiger partial charge in [-0.15, -0.1) is 0 Å². The average Bonchev–Trinajstić information content (AvgIpc) is 3.28. The molecule has 1 aliphatic heterocycles. The van der Waals surface area contributed by atoms with E-state index in [-0.39, 0.29) is 59.7 Å². The highest BCUT2D eigenvalue weighted by Gasteiger charge is 2.36. The van der Waals surface area contributed by atoms with Crippen molar-refractivity contribution in [1.29, 1.82) is 0 Å². The third-order valence-electron chi connectivity index (χ3n) is 11.1. The van der Waals surface area contributed by atoms with Crippen LogP contribution >= 0.6 is 11.6 Å². The lowest BCUT2D eigenvalue weighted by molar-refractivity contribution is -0.141. The molecule has 4 aromatic rings. The molecule has 1 heterocycles. The van der Waals surface area contributed by atoms with Crippen molar-refractivity contribution in [2.75, 3.05) is 26.7 Å². The van der Waals surface area contributed by atoms with Crippen molar-refractivity contribution in [2.24, 2.45) is 11.5 Å². The molecule has 5 atom stereocenters. The number of primary amides is 1. The number of nitrogens with two attached hydrogens (primary N) is 2. The van der Waals surface area contributed by atoms with E-state index in [0.717, 1.165) is 16.0 Å². The normalized spacial score (nSPS) is 17.0. The number of rotatable bonds is 15. The topological polar surface area (TPSA) is 267 Å². The van der Waals surface area contributed by atoms with Crippen LogP contribution in [0.1, 0.15) is 67.6 Å². The number of carbonyl (C=O) groups excluding carboxylic acids is 7. The molecule has 65 heavy (non-hydrogen) atoms. The molecular weight excluding hydrogens is 856 g/mol. The predicted molar refractivity (Wildman–Crippen MR) is 244 cm³/mol. The van der Waals surface area contributed by atoms with Crippen LogP contribution in [0.25, 0.3) is 22.3 Å². The number of nitrogens with one attached hydrogen (secondary N) is 4. The second-order valence-corrected chi connectivity index (χ2v) is 16.4. The number of nitrogens with zero attached hydrogens (tertiary/aromatic N) is 2. The molecule has 7 amide bonds. The van der Waals surface area contributed by atoms with E-state index in [9.17, 15) is 43.8 Å². The summed E-state index contributed by atoms with van der Waals surface area (Å²) in [5.74, 6) is -5.46. The number of fused-ring (bicyclic) bond motifs is 5. The maximum Gasteiger partial charge on any atom is 0.251 e. The van der Waals surface area contributed by atoms with E-state index in [4.69, 9.17) is 23.1 Å². The zero-order chi connectivity index (χ0) is 47.5. The van der Waals surface area contributed by atoms with Crippen molar-refractivity contribution in [1.82, 2.24) is 31.1 Å². The lowest BCUT2D eigenvalue weighted by atomic mass is 9.93. The Kier molecular flexibility index (Phi) is 16.7. The molecule has 0 saturated carbocycles. The molecule has 4 bridgehead atoms. The lowest BCUT2D eigenvalue weighted by Crippen LogP contribution is -2.57. The van der Waals surface area contributed by atoms with Crippen LogP contribution in [-0.4, -0.2) is 112 Å². The highest BCUT2D eigenvalue weighted by Crippen LogP contribution is 2.39. The number of hydrogen-bond donors (Lipinski definition) is 8. The molecule has 4 aromatic carbocycles. The highest BCUT2D eigenvalue weighted by molar-refractivity contribution is 6.30. The summed E-state index contributed by atoms with van der Waals surface area (Å²) in [5, 5.41) is 33.6. The number of benzene rings is 4. The van der Waals surface area contributed by atoms with Gasteiger partial charge in [-0.05, 0) is 117 Å². The van der Waals surface area contributed by atoms with Crippen molar-refractivity contribution in [3.8, 4) is 33.8 Å². The maximum atomic E-state index is 14.6. The van der Waals surface area contributed by atoms with Gasteiger partial charge in [0.25, 0.3) is 5.91 Å². The number of likely N-dealkylation sites (N-methyl/N-ethyl adjacent to an activating group) is 2. The molecule has 0 spiro atoms. The Balaban J connectivity index is 1.47. The maximum absolute atomic E-state index is 14.6. The van der Waals surface area contributed by atoms with Crippen molar-refractivity contribution in [2.45, 2.75) is 76.7 Å². The first kappa shape index (κ1) is 49.0. The van der Waals surface area contributed by atoms with Crippen LogP contribution in [0.2, 0.25) is 5.02 Å². The number of phenolic OH excluding ortho intramolecular Hbond substituents is 2. The zero-order valence-corrected chi connectivity index (χ0v) is 37.4. The van der Waals surface area contributed by atoms with Crippen LogP contribution in [0.4, 0.5) is 0 Å². The molecule has 0 fully saturated rings. The van der Waals surface area contributed by atoms with Crippen molar-refractivity contribution in [3.05, 3.63) is 107 Å². The number of halogens is 1. The number of unbranched alkanes of at least 4 members (excludes halogenated alkanes) is 1. The third-order valence-corrected chi connectivity index (χ3v) is 11.4. The molecule has 5 rings (SSSR count). The highest BCUT2D eigenvalue weighted by atomic mass is 35.5. The molecule has 0 aromatic heterocycles. The third kappa shape index (κ3) is 12.4. The van der Waals surface area contributed by atoms with Crippen LogP contribution < -0.4 is 32.7 Å². The van der Waals surface area contributed by atoms with E-state index in [1.54, 1.807) is 43.3 Å². The largest absolute Gasteiger partial charge is 0.507 e. The van der Waals surface area contributed by atoms with Gasteiger partial charge in [-0.2, -0.15) is 0 Å². The molecule has 1 aliphatic rings. The van der Waals surface area contributed by atoms with Crippen molar-refractivity contribution in [3.63, 3.8) is 0 Å². The molecule has 17 nitrogen and oxygen atoms in total. The number of phenols is 2. The number of aromatic hydroxyl groups is 2. The Morgan fingerprint density at radius 2 is 1.45 bits per heavy atom. The summed E-state index contributed by atoms with van der Waals surface area (Å²) in [6.07, 6.45) is 1.00. The fourth-order valence-electron chi connectivity index (χ4n) is 7.52. The summed E-state index contributed by atoms with van der Waals surface area (Å²) in [6, 6.07) is 16.2. The SMILES string of the molecule is CCN(CC(N)=O)C(=O)[C@H](C)NC(=O)[C@@H]1Cc2ccc(O)c(c2)-c2cc(ccc2O)[C@H](N(C)C(=O)[C@H](CCCCN)NC(=O)c2ccc(-c3ccc(Cl)cc3)cc2)C(=O)N[C@@H](C)C(=O)N1. The molecule has 0 radical (unpaired) electrons. The van der Waals surface area contributed by atoms with Gasteiger partial charge in [0.05, 0.1) is 6.54 Å². The number of hydrogen-bond acceptors (Lipinski definition) is 10. The van der Waals surface area contributed by atoms with Gasteiger partial charge in [0.1, 0.15) is 41.7 Å². The first-order valence-electron chi connectivity index (χ1n) is 21.2. The summed E-state index contributed by atoms with van der Waals surface area (Å²) in [7, 11) is 1.38. The second-order valence-electron chi connectivity index (χ2n) is 15.9. The summed E-state index contributed by atoms with van der Waals surface area (Å²) in [5.41, 5.74) is 13.9. The van der Waals surface area contributed by atoms with Gasteiger partial charge in [0, 0.05) is 41.7 Å². The fourth-order valence-corrected chi connectivity index (χ4v) is 7.65. The molecule has 0 aliphatic carbocycles. The zero-order valence-electron chi connectivity index (χ0n) is 36.6. The molecular formula is C47H55ClN8O9. The van der Waals surface area contributed by atoms with Gasteiger partial charge >= 0.3 is 0 Å². The minimum absolute atomic E-state index is 0.0822. The first-order valence-corrected chi connectivity index (χ1v) is 21.6. The molecule has 0 saturated heterocycles. The smallest absolute Gasteiger partial charge is 0.251 e. The Hall–Kier alpha value is -6.98. The summed E-state index contributed by atoms with van der Waals surface area (Å²) < 4.78 is 0. The van der Waals surface area contributed by atoms with E-state index in [1.807, 2.05) is 12.1 Å². The minimum Gasteiger partial charge on any atom is -0.507 e. The Bertz CT molecular complexity index is 2410. The monoisotopic (exact) mass is 910 g/mol. The molecule has 344 valence electrons. The van der Waals surface area contributed by atoms with Crippen LogP contribution in [-0.2, 0) is 35.2 Å². The van der Waals surface area contributed by atoms with E-state index >= 15 is 0 Å². The first-order chi connectivity index (χ1) is 30.9. The molecule has 18 heteroatoms. The summed E-state index contributed by atoms with van der Waals surface area (Å²) in [4.78, 5) is 97.4. The van der Waals surface area contributed by atoms with Gasteiger partial charge in [-0.1, -0.05) is 48.0 Å². The molecule has 0 unspecified atom stereocenters. The van der Waals surface area contributed by atoms with Crippen LogP contribution in [0, 0.1) is 0 Å². The van der Waals surface area contributed by atoms with E-state index in [0.29, 0.717) is 30.0 Å². The Labute approximate surface area is 381 Å². The van der Waals surface area contributed by atoms with Crippen LogP contribution in [0.3, 0.4) is 0 Å². The lowest BCUT2D eigenvalue weighted by Gasteiger charge is -2.32. The second kappa shape index (κ2) is 22.1. The summed E-state index contributed by atoms with van der Waals surface area (Å²) >= 11 is 6.05. The van der Waals surface area contributed by atoms with E-state index in [1.165, 1.54) is 62.2 Å². The van der Waals surface area contributed by atoms with Crippen molar-refractivity contribution >= 4 is 53.0 Å². The van der Waals surface area contributed by atoms with Gasteiger partial charge in [0.2, 0.25) is 35.4 Å². The fraction of sp³-hybridized carbons (Fsp3) is 0.340. The van der Waals surface area contributed by atoms with E-state index in [2.05, 4.69) is 21.3 Å². The average molecular weight is 911 g/mol. The quantitative estimate of drug-likeness (QED) is 0.0809. The minimum atomic E-state index is -1.47. The van der Waals surface area contributed by atoms with Gasteiger partial charge in [0.15, 0.2) is 0 Å². The Morgan fingerprint density at radius 3 is 2.06 bits per heavy atom. The van der Waals surface area contributed by atoms with Crippen molar-refractivity contribution < 1.29 is 43.8 Å².